The molecule has 184 valence electrons. The average molecular weight is 502 g/mol. The molecular formula is C27H27N5O3S. The van der Waals surface area contributed by atoms with Crippen LogP contribution in [0, 0.1) is 17.2 Å². The third-order valence-electron chi connectivity index (χ3n) is 7.16. The van der Waals surface area contributed by atoms with E-state index in [1.54, 1.807) is 7.05 Å². The number of carbonyl (C=O) groups excluding carboxylic acids is 3. The normalized spacial score (nSPS) is 21.5. The van der Waals surface area contributed by atoms with Crippen LogP contribution in [0.3, 0.4) is 0 Å². The van der Waals surface area contributed by atoms with Gasteiger partial charge in [-0.15, -0.1) is 11.3 Å². The molecule has 1 aromatic heterocycles. The summed E-state index contributed by atoms with van der Waals surface area (Å²) in [7, 11) is 1.62. The van der Waals surface area contributed by atoms with Gasteiger partial charge in [-0.3, -0.25) is 14.4 Å². The van der Waals surface area contributed by atoms with Crippen LogP contribution in [0.15, 0.2) is 48.5 Å². The van der Waals surface area contributed by atoms with Gasteiger partial charge < -0.3 is 15.1 Å². The Kier molecular flexibility index (Phi) is 6.00. The number of anilines is 1. The number of hydrogen-bond donors (Lipinski definition) is 1. The van der Waals surface area contributed by atoms with Gasteiger partial charge in [0.05, 0.1) is 21.7 Å². The van der Waals surface area contributed by atoms with Crippen molar-refractivity contribution in [2.45, 2.75) is 44.2 Å². The molecule has 1 saturated heterocycles. The maximum absolute atomic E-state index is 14.0. The third kappa shape index (κ3) is 3.82. The summed E-state index contributed by atoms with van der Waals surface area (Å²) in [6.07, 6.45) is 0.651. The summed E-state index contributed by atoms with van der Waals surface area (Å²) in [4.78, 5) is 48.0. The van der Waals surface area contributed by atoms with E-state index in [1.165, 1.54) is 21.1 Å². The number of nitriles is 1. The Hall–Kier alpha value is -3.77. The van der Waals surface area contributed by atoms with Gasteiger partial charge in [0.1, 0.15) is 12.1 Å². The van der Waals surface area contributed by atoms with Crippen molar-refractivity contribution in [3.8, 4) is 6.07 Å². The van der Waals surface area contributed by atoms with Gasteiger partial charge in [-0.25, -0.2) is 4.98 Å². The van der Waals surface area contributed by atoms with Gasteiger partial charge in [-0.2, -0.15) is 5.26 Å². The molecule has 5 rings (SSSR count). The molecule has 0 unspecified atom stereocenters. The topological polar surface area (TPSA) is 106 Å². The van der Waals surface area contributed by atoms with Gasteiger partial charge in [0.2, 0.25) is 11.8 Å². The van der Waals surface area contributed by atoms with Crippen molar-refractivity contribution in [3.05, 3.63) is 59.1 Å². The number of para-hydroxylation sites is 2. The van der Waals surface area contributed by atoms with E-state index in [0.717, 1.165) is 21.5 Å². The van der Waals surface area contributed by atoms with Gasteiger partial charge in [0, 0.05) is 25.7 Å². The molecule has 1 fully saturated rings. The smallest absolute Gasteiger partial charge is 0.283 e. The predicted molar refractivity (Wildman–Crippen MR) is 137 cm³/mol. The Bertz CT molecular complexity index is 1380. The highest BCUT2D eigenvalue weighted by molar-refractivity contribution is 7.20. The Morgan fingerprint density at radius 1 is 1.25 bits per heavy atom. The van der Waals surface area contributed by atoms with E-state index >= 15 is 0 Å². The molecule has 8 nitrogen and oxygen atoms in total. The first-order valence-electron chi connectivity index (χ1n) is 12.0. The zero-order valence-electron chi connectivity index (χ0n) is 20.4. The lowest BCUT2D eigenvalue weighted by Crippen LogP contribution is -2.52. The average Bonchev–Trinajstić information content (AvgIpc) is 3.55. The molecule has 0 radical (unpaired) electrons. The highest BCUT2D eigenvalue weighted by Crippen LogP contribution is 2.46. The van der Waals surface area contributed by atoms with Crippen molar-refractivity contribution in [3.63, 3.8) is 0 Å². The summed E-state index contributed by atoms with van der Waals surface area (Å²) < 4.78 is 0.901. The molecule has 2 aromatic carbocycles. The van der Waals surface area contributed by atoms with Gasteiger partial charge in [0.15, 0.2) is 5.01 Å². The molecule has 9 heteroatoms. The lowest BCUT2D eigenvalue weighted by Gasteiger charge is -2.33. The fourth-order valence-corrected chi connectivity index (χ4v) is 6.25. The molecule has 0 bridgehead atoms. The number of nitrogens with zero attached hydrogens (tertiary/aromatic N) is 4. The number of thiazole rings is 1. The van der Waals surface area contributed by atoms with Crippen LogP contribution in [0.4, 0.5) is 5.69 Å². The summed E-state index contributed by atoms with van der Waals surface area (Å²) in [6.45, 7) is 4.08. The van der Waals surface area contributed by atoms with Gasteiger partial charge in [-0.05, 0) is 36.1 Å². The molecule has 1 N–H and O–H groups in total. The van der Waals surface area contributed by atoms with Crippen molar-refractivity contribution >= 4 is 45.0 Å². The maximum Gasteiger partial charge on any atom is 0.283 e. The molecule has 36 heavy (non-hydrogen) atoms. The van der Waals surface area contributed by atoms with Crippen LogP contribution in [0.25, 0.3) is 10.2 Å². The Morgan fingerprint density at radius 3 is 2.69 bits per heavy atom. The first kappa shape index (κ1) is 23.9. The minimum absolute atomic E-state index is 0.102. The number of fused-ring (bicyclic) bond motifs is 3. The van der Waals surface area contributed by atoms with Crippen LogP contribution in [0.5, 0.6) is 0 Å². The first-order chi connectivity index (χ1) is 17.2. The first-order valence-corrected chi connectivity index (χ1v) is 12.8. The van der Waals surface area contributed by atoms with E-state index in [0.29, 0.717) is 11.4 Å². The van der Waals surface area contributed by atoms with Crippen LogP contribution in [0.1, 0.15) is 42.1 Å². The monoisotopic (exact) mass is 501 g/mol. The number of rotatable bonds is 5. The zero-order valence-corrected chi connectivity index (χ0v) is 21.2. The quantitative estimate of drug-likeness (QED) is 0.572. The summed E-state index contributed by atoms with van der Waals surface area (Å²) in [5.41, 5.74) is 1.30. The zero-order chi connectivity index (χ0) is 25.6. The number of nitrogens with one attached hydrogen (secondary N) is 1. The minimum atomic E-state index is -0.968. The lowest BCUT2D eigenvalue weighted by molar-refractivity contribution is -0.136. The molecule has 0 aliphatic carbocycles. The molecule has 0 saturated carbocycles. The Balaban J connectivity index is 1.46. The number of hydrogen-bond acceptors (Lipinski definition) is 6. The van der Waals surface area contributed by atoms with Crippen molar-refractivity contribution in [2.24, 2.45) is 5.92 Å². The van der Waals surface area contributed by atoms with Gasteiger partial charge in [-0.1, -0.05) is 44.2 Å². The van der Waals surface area contributed by atoms with Crippen LogP contribution >= 0.6 is 11.3 Å². The number of amides is 3. The highest BCUT2D eigenvalue weighted by atomic mass is 32.1. The number of likely N-dealkylation sites (N-methyl/N-ethyl adjacent to an activating group) is 1. The molecular weight excluding hydrogens is 474 g/mol. The van der Waals surface area contributed by atoms with E-state index in [2.05, 4.69) is 16.4 Å². The van der Waals surface area contributed by atoms with Gasteiger partial charge >= 0.3 is 0 Å². The fraction of sp³-hybridized carbons (Fsp3) is 0.370. The standard InChI is InChI=1S/C27H27N5O3S/c1-16(2)12-21(31(3)25(34)23-29-20-10-6-7-11-22(20)36-23)24(33)32-15-27(13-17(32)14-28)18-8-4-5-9-19(18)30-26(27)35/h4-11,16-17,21H,12-13,15H2,1-3H3,(H,30,35)/t17-,21-,27-/m0/s1. The van der Waals surface area contributed by atoms with Crippen molar-refractivity contribution < 1.29 is 14.4 Å². The number of aromatic nitrogens is 1. The minimum Gasteiger partial charge on any atom is -0.328 e. The summed E-state index contributed by atoms with van der Waals surface area (Å²) in [5, 5.41) is 13.2. The number of carbonyl (C=O) groups is 3. The van der Waals surface area contributed by atoms with Crippen LogP contribution in [-0.2, 0) is 15.0 Å². The lowest BCUT2D eigenvalue weighted by atomic mass is 9.80. The van der Waals surface area contributed by atoms with Gasteiger partial charge in [0.25, 0.3) is 5.91 Å². The second kappa shape index (κ2) is 9.03. The van der Waals surface area contributed by atoms with Crippen molar-refractivity contribution in [2.75, 3.05) is 18.9 Å². The molecule has 3 amide bonds. The molecule has 3 atom stereocenters. The second-order valence-corrected chi connectivity index (χ2v) is 11.0. The van der Waals surface area contributed by atoms with E-state index < -0.39 is 17.5 Å². The molecule has 3 heterocycles. The van der Waals surface area contributed by atoms with Crippen LogP contribution in [0.2, 0.25) is 0 Å². The Labute approximate surface area is 213 Å². The molecule has 3 aromatic rings. The van der Waals surface area contributed by atoms with Crippen molar-refractivity contribution in [1.29, 1.82) is 5.26 Å². The number of likely N-dealkylation sites (tertiary alicyclic amines) is 1. The van der Waals surface area contributed by atoms with E-state index in [1.807, 2.05) is 62.4 Å². The molecule has 2 aliphatic heterocycles. The van der Waals surface area contributed by atoms with E-state index in [4.69, 9.17) is 0 Å². The summed E-state index contributed by atoms with van der Waals surface area (Å²) in [6, 6.07) is 15.6. The predicted octanol–water partition coefficient (Wildman–Crippen LogP) is 3.80. The van der Waals surface area contributed by atoms with Crippen molar-refractivity contribution in [1.82, 2.24) is 14.8 Å². The highest BCUT2D eigenvalue weighted by Gasteiger charge is 2.56. The molecule has 2 aliphatic rings. The number of benzene rings is 2. The van der Waals surface area contributed by atoms with E-state index in [-0.39, 0.29) is 36.6 Å². The van der Waals surface area contributed by atoms with E-state index in [9.17, 15) is 19.6 Å². The largest absolute Gasteiger partial charge is 0.328 e. The third-order valence-corrected chi connectivity index (χ3v) is 8.18. The molecule has 1 spiro atoms. The Morgan fingerprint density at radius 2 is 1.97 bits per heavy atom. The van der Waals surface area contributed by atoms with Crippen LogP contribution in [-0.4, -0.2) is 58.2 Å². The summed E-state index contributed by atoms with van der Waals surface area (Å²) in [5.74, 6) is -0.724. The summed E-state index contributed by atoms with van der Waals surface area (Å²) >= 11 is 1.29. The second-order valence-electron chi connectivity index (χ2n) is 9.95. The van der Waals surface area contributed by atoms with Crippen LogP contribution < -0.4 is 5.32 Å². The maximum atomic E-state index is 14.0. The SMILES string of the molecule is CC(C)C[C@@H](C(=O)N1C[C@]2(C[C@H]1C#N)C(=O)Nc1ccccc12)N(C)C(=O)c1nc2ccccc2s1. The fourth-order valence-electron chi connectivity index (χ4n) is 5.30.